The van der Waals surface area contributed by atoms with E-state index in [2.05, 4.69) is 41.4 Å². The van der Waals surface area contributed by atoms with Crippen molar-refractivity contribution in [3.8, 4) is 11.3 Å². The van der Waals surface area contributed by atoms with Crippen molar-refractivity contribution in [1.29, 1.82) is 0 Å². The number of rotatable bonds is 8. The predicted molar refractivity (Wildman–Crippen MR) is 143 cm³/mol. The molecule has 9 heteroatoms. The van der Waals surface area contributed by atoms with Crippen LogP contribution in [0, 0.1) is 12.8 Å². The minimum Gasteiger partial charge on any atom is -0.402 e. The fourth-order valence-corrected chi connectivity index (χ4v) is 3.45. The minimum absolute atomic E-state index is 0.126. The smallest absolute Gasteiger partial charge is 0.253 e. The molecule has 0 spiro atoms. The molecular weight excluding hydrogens is 445 g/mol. The van der Waals surface area contributed by atoms with Crippen LogP contribution in [0.2, 0.25) is 6.82 Å². The van der Waals surface area contributed by atoms with Crippen molar-refractivity contribution in [2.75, 3.05) is 18.9 Å². The van der Waals surface area contributed by atoms with Crippen molar-refractivity contribution < 1.29 is 9.59 Å². The molecule has 0 aliphatic carbocycles. The molecule has 0 aliphatic rings. The van der Waals surface area contributed by atoms with Gasteiger partial charge in [-0.3, -0.25) is 14.6 Å². The summed E-state index contributed by atoms with van der Waals surface area (Å²) in [5, 5.41) is 7.71. The fraction of sp³-hybridized carbons (Fsp3) is 0.360. The van der Waals surface area contributed by atoms with Crippen molar-refractivity contribution >= 4 is 41.9 Å². The van der Waals surface area contributed by atoms with Gasteiger partial charge in [-0.25, -0.2) is 4.98 Å². The first kappa shape index (κ1) is 27.1. The number of carbonyl (C=O) groups is 2. The summed E-state index contributed by atoms with van der Waals surface area (Å²) < 4.78 is 1.77. The second-order valence-corrected chi connectivity index (χ2v) is 8.99. The Balaban J connectivity index is 0.000000739. The number of benzene rings is 1. The largest absolute Gasteiger partial charge is 0.402 e. The minimum atomic E-state index is -0.327. The first-order chi connectivity index (χ1) is 16.3. The van der Waals surface area contributed by atoms with Crippen molar-refractivity contribution in [2.24, 2.45) is 10.9 Å². The molecule has 34 heavy (non-hydrogen) atoms. The van der Waals surface area contributed by atoms with Crippen LogP contribution in [0.15, 0.2) is 47.0 Å². The molecule has 0 unspecified atom stereocenters. The number of thiazole rings is 1. The molecule has 0 fully saturated rings. The number of anilines is 1. The third-order valence-electron chi connectivity index (χ3n) is 5.08. The second-order valence-electron chi connectivity index (χ2n) is 8.14. The Morgan fingerprint density at radius 3 is 2.62 bits per heavy atom. The van der Waals surface area contributed by atoms with Crippen LogP contribution < -0.4 is 10.6 Å². The maximum atomic E-state index is 12.1. The van der Waals surface area contributed by atoms with Crippen LogP contribution in [0.4, 0.5) is 5.13 Å². The average molecular weight is 478 g/mol. The molecule has 0 aliphatic heterocycles. The molecule has 2 N–H and O–H groups in total. The number of aryl methyl sites for hydroxylation is 1. The SMILES string of the molecule is CCC(C)C.C[B]n1ccc(C(=O)NCC(=O)Nc2nc(-c3ccc(C=NC)c(C)c3)cs2)c1. The molecule has 2 amide bonds. The van der Waals surface area contributed by atoms with E-state index in [0.29, 0.717) is 10.7 Å². The second kappa shape index (κ2) is 13.5. The summed E-state index contributed by atoms with van der Waals surface area (Å²) in [5.41, 5.74) is 4.42. The number of hydrogen-bond acceptors (Lipinski definition) is 5. The van der Waals surface area contributed by atoms with Crippen LogP contribution in [-0.2, 0) is 4.79 Å². The third-order valence-corrected chi connectivity index (χ3v) is 5.84. The van der Waals surface area contributed by atoms with Gasteiger partial charge in [0.2, 0.25) is 13.3 Å². The fourth-order valence-electron chi connectivity index (χ4n) is 2.72. The Morgan fingerprint density at radius 1 is 1.29 bits per heavy atom. The summed E-state index contributed by atoms with van der Waals surface area (Å²) in [4.78, 5) is 32.7. The van der Waals surface area contributed by atoms with Gasteiger partial charge >= 0.3 is 0 Å². The lowest BCUT2D eigenvalue weighted by Crippen LogP contribution is -2.32. The highest BCUT2D eigenvalue weighted by Crippen LogP contribution is 2.26. The summed E-state index contributed by atoms with van der Waals surface area (Å²) in [6.07, 6.45) is 6.59. The van der Waals surface area contributed by atoms with Crippen LogP contribution in [0.1, 0.15) is 48.7 Å². The molecule has 7 nitrogen and oxygen atoms in total. The van der Waals surface area contributed by atoms with Gasteiger partial charge in [-0.1, -0.05) is 46.1 Å². The van der Waals surface area contributed by atoms with E-state index in [1.807, 2.05) is 51.0 Å². The number of nitrogens with zero attached hydrogens (tertiary/aromatic N) is 3. The Morgan fingerprint density at radius 2 is 2.03 bits per heavy atom. The van der Waals surface area contributed by atoms with Gasteiger partial charge in [-0.15, -0.1) is 11.3 Å². The highest BCUT2D eigenvalue weighted by Gasteiger charge is 2.12. The topological polar surface area (TPSA) is 88.4 Å². The van der Waals surface area contributed by atoms with E-state index in [-0.39, 0.29) is 18.4 Å². The lowest BCUT2D eigenvalue weighted by atomic mass is 10.0. The molecule has 0 atom stereocenters. The summed E-state index contributed by atoms with van der Waals surface area (Å²) in [6, 6.07) is 7.71. The molecule has 2 heterocycles. The lowest BCUT2D eigenvalue weighted by molar-refractivity contribution is -0.115. The summed E-state index contributed by atoms with van der Waals surface area (Å²) in [7, 11) is 3.57. The van der Waals surface area contributed by atoms with Gasteiger partial charge in [-0.2, -0.15) is 0 Å². The average Bonchev–Trinajstić information content (AvgIpc) is 3.49. The highest BCUT2D eigenvalue weighted by molar-refractivity contribution is 7.14. The highest BCUT2D eigenvalue weighted by atomic mass is 32.1. The van der Waals surface area contributed by atoms with Crippen molar-refractivity contribution in [3.63, 3.8) is 0 Å². The van der Waals surface area contributed by atoms with E-state index in [9.17, 15) is 9.59 Å². The Kier molecular flexibility index (Phi) is 10.7. The number of aliphatic imine (C=N–C) groups is 1. The van der Waals surface area contributed by atoms with Crippen molar-refractivity contribution in [1.82, 2.24) is 14.8 Å². The van der Waals surface area contributed by atoms with Gasteiger partial charge in [0.15, 0.2) is 5.13 Å². The van der Waals surface area contributed by atoms with Crippen LogP contribution in [-0.4, -0.2) is 48.5 Å². The van der Waals surface area contributed by atoms with E-state index in [1.54, 1.807) is 30.0 Å². The van der Waals surface area contributed by atoms with Gasteiger partial charge < -0.3 is 15.1 Å². The molecule has 3 rings (SSSR count). The van der Waals surface area contributed by atoms with Crippen LogP contribution in [0.25, 0.3) is 11.3 Å². The maximum absolute atomic E-state index is 12.1. The molecule has 0 saturated carbocycles. The van der Waals surface area contributed by atoms with Gasteiger partial charge in [-0.05, 0) is 42.3 Å². The Bertz CT molecular complexity index is 1120. The lowest BCUT2D eigenvalue weighted by Gasteiger charge is -2.04. The van der Waals surface area contributed by atoms with Crippen LogP contribution >= 0.6 is 11.3 Å². The monoisotopic (exact) mass is 478 g/mol. The van der Waals surface area contributed by atoms with Crippen molar-refractivity contribution in [3.05, 3.63) is 58.7 Å². The molecule has 179 valence electrons. The van der Waals surface area contributed by atoms with E-state index in [4.69, 9.17) is 0 Å². The molecular formula is C25H33BN5O2S. The molecule has 0 saturated heterocycles. The Labute approximate surface area is 207 Å². The standard InChI is InChI=1S/C20H21BN5O2S.C5H12/c1-13-8-14(4-5-15(13)9-22-3)17-12-29-20(24-17)25-18(27)10-23-19(28)16-6-7-26(11-16)21-2;1-4-5(2)3/h4-9,11-12H,10H2,1-3H3,(H,23,28)(H,24,25,27);5H,4H2,1-3H3. The maximum Gasteiger partial charge on any atom is 0.253 e. The zero-order valence-electron chi connectivity index (χ0n) is 20.8. The Hall–Kier alpha value is -3.20. The zero-order valence-corrected chi connectivity index (χ0v) is 21.6. The number of aromatic nitrogens is 2. The first-order valence-corrected chi connectivity index (χ1v) is 12.2. The molecule has 3 aromatic rings. The van der Waals surface area contributed by atoms with E-state index >= 15 is 0 Å². The summed E-state index contributed by atoms with van der Waals surface area (Å²) in [6.45, 7) is 10.4. The molecule has 2 aromatic heterocycles. The van der Waals surface area contributed by atoms with E-state index in [0.717, 1.165) is 28.3 Å². The molecule has 0 bridgehead atoms. The van der Waals surface area contributed by atoms with Crippen molar-refractivity contribution in [2.45, 2.75) is 40.9 Å². The van der Waals surface area contributed by atoms with Gasteiger partial charge in [0.05, 0.1) is 17.8 Å². The zero-order chi connectivity index (χ0) is 25.1. The number of hydrogen-bond donors (Lipinski definition) is 2. The molecule has 1 radical (unpaired) electrons. The summed E-state index contributed by atoms with van der Waals surface area (Å²) in [5.74, 6) is 0.258. The van der Waals surface area contributed by atoms with Gasteiger partial charge in [0.25, 0.3) is 5.91 Å². The predicted octanol–water partition coefficient (Wildman–Crippen LogP) is 4.91. The molecule has 1 aromatic carbocycles. The number of amides is 2. The van der Waals surface area contributed by atoms with E-state index in [1.165, 1.54) is 17.8 Å². The first-order valence-electron chi connectivity index (χ1n) is 11.3. The summed E-state index contributed by atoms with van der Waals surface area (Å²) >= 11 is 1.34. The quantitative estimate of drug-likeness (QED) is 0.356. The van der Waals surface area contributed by atoms with E-state index < -0.39 is 0 Å². The van der Waals surface area contributed by atoms with Gasteiger partial charge in [0.1, 0.15) is 0 Å². The van der Waals surface area contributed by atoms with Crippen LogP contribution in [0.5, 0.6) is 0 Å². The van der Waals surface area contributed by atoms with Gasteiger partial charge in [0, 0.05) is 30.4 Å². The number of nitrogens with one attached hydrogen (secondary N) is 2. The normalized spacial score (nSPS) is 10.7. The van der Waals surface area contributed by atoms with Crippen LogP contribution in [0.3, 0.4) is 0 Å². The number of carbonyl (C=O) groups excluding carboxylic acids is 2. The third kappa shape index (κ3) is 8.30.